The SMILES string of the molecule is CCC/C=C\CC1CCC2C3CC(OC)(OCC)C4CCCCC4(C)C3CCC12C. The second kappa shape index (κ2) is 8.89. The lowest BCUT2D eigenvalue weighted by Gasteiger charge is -2.65. The molecule has 2 nitrogen and oxygen atoms in total. The lowest BCUT2D eigenvalue weighted by Crippen LogP contribution is -2.63. The average Bonchev–Trinajstić information content (AvgIpc) is 3.08. The Morgan fingerprint density at radius 1 is 0.900 bits per heavy atom. The van der Waals surface area contributed by atoms with E-state index in [-0.39, 0.29) is 5.79 Å². The smallest absolute Gasteiger partial charge is 0.171 e. The van der Waals surface area contributed by atoms with Gasteiger partial charge in [-0.3, -0.25) is 0 Å². The Labute approximate surface area is 186 Å². The minimum absolute atomic E-state index is 0.345. The van der Waals surface area contributed by atoms with Gasteiger partial charge in [-0.1, -0.05) is 52.2 Å². The van der Waals surface area contributed by atoms with Crippen LogP contribution in [0, 0.1) is 40.4 Å². The van der Waals surface area contributed by atoms with Crippen LogP contribution in [0.3, 0.4) is 0 Å². The van der Waals surface area contributed by atoms with Crippen LogP contribution in [0.15, 0.2) is 12.2 Å². The summed E-state index contributed by atoms with van der Waals surface area (Å²) in [6.07, 6.45) is 21.0. The molecule has 0 N–H and O–H groups in total. The van der Waals surface area contributed by atoms with Crippen LogP contribution in [0.1, 0.15) is 105 Å². The molecule has 8 atom stereocenters. The maximum absolute atomic E-state index is 6.57. The number of methoxy groups -OCH3 is 1. The van der Waals surface area contributed by atoms with Gasteiger partial charge in [0.25, 0.3) is 0 Å². The predicted octanol–water partition coefficient (Wildman–Crippen LogP) is 7.77. The van der Waals surface area contributed by atoms with E-state index < -0.39 is 0 Å². The van der Waals surface area contributed by atoms with Crippen molar-refractivity contribution in [1.29, 1.82) is 0 Å². The third-order valence-electron chi connectivity index (χ3n) is 10.6. The Morgan fingerprint density at radius 3 is 2.43 bits per heavy atom. The number of hydrogen-bond acceptors (Lipinski definition) is 2. The first-order valence-electron chi connectivity index (χ1n) is 13.3. The molecule has 30 heavy (non-hydrogen) atoms. The lowest BCUT2D eigenvalue weighted by atomic mass is 9.43. The number of rotatable bonds is 7. The summed E-state index contributed by atoms with van der Waals surface area (Å²) in [6, 6.07) is 0. The second-order valence-electron chi connectivity index (χ2n) is 11.6. The van der Waals surface area contributed by atoms with Crippen molar-refractivity contribution in [2.45, 2.75) is 111 Å². The molecule has 0 heterocycles. The summed E-state index contributed by atoms with van der Waals surface area (Å²) in [5.41, 5.74) is 0.911. The van der Waals surface area contributed by atoms with Gasteiger partial charge in [-0.2, -0.15) is 0 Å². The van der Waals surface area contributed by atoms with Gasteiger partial charge in [0.2, 0.25) is 0 Å². The van der Waals surface area contributed by atoms with Gasteiger partial charge in [-0.25, -0.2) is 0 Å². The average molecular weight is 417 g/mol. The van der Waals surface area contributed by atoms with E-state index in [1.54, 1.807) is 0 Å². The third-order valence-corrected chi connectivity index (χ3v) is 10.6. The standard InChI is InChI=1S/C28H48O2/c1-6-8-9-10-13-21-15-16-23-22-20-28(29-5,30-7-2)25-14-11-12-18-27(25,4)24(22)17-19-26(21,23)3/h9-10,21-25H,6-8,11-20H2,1-5H3/b10-9-. The highest BCUT2D eigenvalue weighted by atomic mass is 16.7. The molecule has 0 aromatic carbocycles. The van der Waals surface area contributed by atoms with E-state index in [0.717, 1.165) is 36.7 Å². The zero-order valence-corrected chi connectivity index (χ0v) is 20.6. The Balaban J connectivity index is 1.62. The Bertz CT molecular complexity index is 610. The molecule has 4 aliphatic carbocycles. The van der Waals surface area contributed by atoms with Crippen LogP contribution < -0.4 is 0 Å². The molecule has 0 radical (unpaired) electrons. The van der Waals surface area contributed by atoms with Crippen molar-refractivity contribution in [3.05, 3.63) is 12.2 Å². The zero-order chi connectivity index (χ0) is 21.4. The van der Waals surface area contributed by atoms with Gasteiger partial charge in [0.05, 0.1) is 0 Å². The zero-order valence-electron chi connectivity index (χ0n) is 20.6. The molecule has 8 unspecified atom stereocenters. The highest BCUT2D eigenvalue weighted by Crippen LogP contribution is 2.70. The molecule has 0 spiro atoms. The van der Waals surface area contributed by atoms with E-state index in [2.05, 4.69) is 39.8 Å². The highest BCUT2D eigenvalue weighted by molar-refractivity contribution is 5.13. The monoisotopic (exact) mass is 416 g/mol. The minimum Gasteiger partial charge on any atom is -0.353 e. The number of hydrogen-bond donors (Lipinski definition) is 0. The maximum atomic E-state index is 6.57. The van der Waals surface area contributed by atoms with Crippen LogP contribution in [0.25, 0.3) is 0 Å². The van der Waals surface area contributed by atoms with E-state index in [9.17, 15) is 0 Å². The molecule has 0 aliphatic heterocycles. The van der Waals surface area contributed by atoms with Crippen molar-refractivity contribution in [2.24, 2.45) is 40.4 Å². The van der Waals surface area contributed by atoms with Gasteiger partial charge < -0.3 is 9.47 Å². The molecule has 0 aromatic heterocycles. The number of fused-ring (bicyclic) bond motifs is 5. The van der Waals surface area contributed by atoms with Crippen LogP contribution in [0.2, 0.25) is 0 Å². The van der Waals surface area contributed by atoms with E-state index in [4.69, 9.17) is 9.47 Å². The first-order valence-corrected chi connectivity index (χ1v) is 13.3. The van der Waals surface area contributed by atoms with Crippen LogP contribution in [-0.2, 0) is 9.47 Å². The van der Waals surface area contributed by atoms with Gasteiger partial charge in [0.1, 0.15) is 0 Å². The van der Waals surface area contributed by atoms with Crippen molar-refractivity contribution in [1.82, 2.24) is 0 Å². The summed E-state index contributed by atoms with van der Waals surface area (Å²) in [5.74, 6) is 3.61. The fourth-order valence-electron chi connectivity index (χ4n) is 9.12. The number of ether oxygens (including phenoxy) is 2. The van der Waals surface area contributed by atoms with Crippen LogP contribution in [-0.4, -0.2) is 19.5 Å². The molecule has 4 aliphatic rings. The number of allylic oxidation sites excluding steroid dienone is 2. The van der Waals surface area contributed by atoms with E-state index in [1.165, 1.54) is 70.6 Å². The van der Waals surface area contributed by atoms with Crippen LogP contribution >= 0.6 is 0 Å². The van der Waals surface area contributed by atoms with Crippen LogP contribution in [0.5, 0.6) is 0 Å². The Hall–Kier alpha value is -0.340. The molecular weight excluding hydrogens is 368 g/mol. The molecule has 0 saturated heterocycles. The van der Waals surface area contributed by atoms with E-state index >= 15 is 0 Å². The molecule has 4 saturated carbocycles. The van der Waals surface area contributed by atoms with Gasteiger partial charge >= 0.3 is 0 Å². The van der Waals surface area contributed by atoms with Gasteiger partial charge in [-0.05, 0) is 92.8 Å². The number of unbranched alkanes of at least 4 members (excludes halogenated alkanes) is 1. The normalized spacial score (nSPS) is 48.4. The predicted molar refractivity (Wildman–Crippen MR) is 125 cm³/mol. The second-order valence-corrected chi connectivity index (χ2v) is 11.6. The summed E-state index contributed by atoms with van der Waals surface area (Å²) in [6.45, 7) is 10.5. The summed E-state index contributed by atoms with van der Waals surface area (Å²) in [4.78, 5) is 0. The highest BCUT2D eigenvalue weighted by Gasteiger charge is 2.65. The fourth-order valence-corrected chi connectivity index (χ4v) is 9.12. The summed E-state index contributed by atoms with van der Waals surface area (Å²) in [7, 11) is 1.93. The summed E-state index contributed by atoms with van der Waals surface area (Å²) in [5, 5.41) is 0. The van der Waals surface area contributed by atoms with Crippen molar-refractivity contribution in [3.8, 4) is 0 Å². The van der Waals surface area contributed by atoms with Crippen LogP contribution in [0.4, 0.5) is 0 Å². The summed E-state index contributed by atoms with van der Waals surface area (Å²) < 4.78 is 12.9. The molecule has 2 heteroatoms. The largest absolute Gasteiger partial charge is 0.353 e. The van der Waals surface area contributed by atoms with Crippen molar-refractivity contribution in [3.63, 3.8) is 0 Å². The first-order chi connectivity index (χ1) is 14.4. The Kier molecular flexibility index (Phi) is 6.77. The minimum atomic E-state index is -0.345. The third kappa shape index (κ3) is 3.53. The fraction of sp³-hybridized carbons (Fsp3) is 0.929. The topological polar surface area (TPSA) is 18.5 Å². The molecule has 4 rings (SSSR count). The molecule has 0 aromatic rings. The lowest BCUT2D eigenvalue weighted by molar-refractivity contribution is -0.326. The quantitative estimate of drug-likeness (QED) is 0.312. The van der Waals surface area contributed by atoms with Crippen molar-refractivity contribution < 1.29 is 9.47 Å². The molecule has 0 amide bonds. The maximum Gasteiger partial charge on any atom is 0.171 e. The molecule has 172 valence electrons. The van der Waals surface area contributed by atoms with Crippen molar-refractivity contribution in [2.75, 3.05) is 13.7 Å². The molecular formula is C28H48O2. The van der Waals surface area contributed by atoms with Gasteiger partial charge in [0.15, 0.2) is 5.79 Å². The van der Waals surface area contributed by atoms with Gasteiger partial charge in [-0.15, -0.1) is 0 Å². The molecule has 0 bridgehead atoms. The molecule has 4 fully saturated rings. The van der Waals surface area contributed by atoms with E-state index in [0.29, 0.717) is 16.7 Å². The van der Waals surface area contributed by atoms with Gasteiger partial charge in [0, 0.05) is 26.1 Å². The summed E-state index contributed by atoms with van der Waals surface area (Å²) >= 11 is 0. The Morgan fingerprint density at radius 2 is 1.70 bits per heavy atom. The first kappa shape index (κ1) is 22.8. The van der Waals surface area contributed by atoms with E-state index in [1.807, 2.05) is 7.11 Å². The van der Waals surface area contributed by atoms with Crippen molar-refractivity contribution >= 4 is 0 Å².